The molecule has 4 bridgehead atoms. The smallest absolute Gasteiger partial charge is 0.155 e. The van der Waals surface area contributed by atoms with Gasteiger partial charge in [0.2, 0.25) is 0 Å². The zero-order valence-electron chi connectivity index (χ0n) is 10.5. The van der Waals surface area contributed by atoms with Gasteiger partial charge in [-0.1, -0.05) is 0 Å². The summed E-state index contributed by atoms with van der Waals surface area (Å²) in [6.45, 7) is 2.03. The van der Waals surface area contributed by atoms with Crippen molar-refractivity contribution in [3.8, 4) is 0 Å². The maximum Gasteiger partial charge on any atom is 0.155 e. The second kappa shape index (κ2) is 3.56. The zero-order chi connectivity index (χ0) is 11.3. The Bertz CT molecular complexity index is 275. The molecule has 90 valence electrons. The van der Waals surface area contributed by atoms with Crippen LogP contribution in [0.5, 0.6) is 0 Å². The van der Waals surface area contributed by atoms with Gasteiger partial charge in [-0.05, 0) is 70.3 Å². The van der Waals surface area contributed by atoms with Gasteiger partial charge in [-0.15, -0.1) is 0 Å². The molecule has 1 atom stereocenters. The predicted molar refractivity (Wildman–Crippen MR) is 64.1 cm³/mol. The van der Waals surface area contributed by atoms with Crippen molar-refractivity contribution in [2.24, 2.45) is 23.2 Å². The van der Waals surface area contributed by atoms with E-state index in [0.717, 1.165) is 17.8 Å². The molecule has 16 heavy (non-hydrogen) atoms. The summed E-state index contributed by atoms with van der Waals surface area (Å²) in [6.07, 6.45) is 7.85. The molecule has 0 heterocycles. The summed E-state index contributed by atoms with van der Waals surface area (Å²) < 4.78 is 0. The van der Waals surface area contributed by atoms with E-state index < -0.39 is 0 Å². The van der Waals surface area contributed by atoms with Crippen LogP contribution in [-0.4, -0.2) is 18.9 Å². The first-order valence-corrected chi connectivity index (χ1v) is 6.84. The lowest BCUT2D eigenvalue weighted by molar-refractivity contribution is -0.145. The largest absolute Gasteiger partial charge is 0.311 e. The molecule has 1 N–H and O–H groups in total. The van der Waals surface area contributed by atoms with Crippen molar-refractivity contribution >= 4 is 5.78 Å². The molecule has 4 rings (SSSR count). The van der Waals surface area contributed by atoms with E-state index in [4.69, 9.17) is 0 Å². The van der Waals surface area contributed by atoms with E-state index in [2.05, 4.69) is 5.32 Å². The maximum atomic E-state index is 12.6. The number of rotatable bonds is 3. The van der Waals surface area contributed by atoms with Gasteiger partial charge in [-0.3, -0.25) is 4.79 Å². The van der Waals surface area contributed by atoms with Crippen LogP contribution in [0.3, 0.4) is 0 Å². The van der Waals surface area contributed by atoms with Crippen molar-refractivity contribution in [2.75, 3.05) is 7.05 Å². The number of hydrogen-bond acceptors (Lipinski definition) is 2. The Labute approximate surface area is 98.2 Å². The van der Waals surface area contributed by atoms with Crippen LogP contribution in [0, 0.1) is 23.2 Å². The molecule has 0 spiro atoms. The third-order valence-electron chi connectivity index (χ3n) is 5.39. The monoisotopic (exact) mass is 221 g/mol. The van der Waals surface area contributed by atoms with E-state index in [1.807, 2.05) is 14.0 Å². The molecule has 4 saturated carbocycles. The molecule has 2 nitrogen and oxygen atoms in total. The SMILES string of the molecule is CN[C@H](C)C(=O)C12CC3CC(CC(C3)C1)C2. The molecule has 4 aliphatic rings. The highest BCUT2D eigenvalue weighted by Crippen LogP contribution is 2.60. The van der Waals surface area contributed by atoms with E-state index >= 15 is 0 Å². The molecule has 2 heteroatoms. The Kier molecular flexibility index (Phi) is 2.39. The molecule has 0 saturated heterocycles. The number of Topliss-reactive ketones (excluding diaryl/α,β-unsaturated/α-hetero) is 1. The molecule has 4 fully saturated rings. The van der Waals surface area contributed by atoms with E-state index in [0.29, 0.717) is 5.78 Å². The molecule has 0 unspecified atom stereocenters. The Morgan fingerprint density at radius 2 is 1.56 bits per heavy atom. The summed E-state index contributed by atoms with van der Waals surface area (Å²) in [7, 11) is 1.91. The fourth-order valence-corrected chi connectivity index (χ4v) is 5.00. The maximum absolute atomic E-state index is 12.6. The van der Waals surface area contributed by atoms with Crippen LogP contribution in [0.1, 0.15) is 45.4 Å². The van der Waals surface area contributed by atoms with Crippen LogP contribution in [0.15, 0.2) is 0 Å². The van der Waals surface area contributed by atoms with Gasteiger partial charge in [0.05, 0.1) is 6.04 Å². The number of carbonyl (C=O) groups is 1. The standard InChI is InChI=1S/C14H23NO/c1-9(15-2)13(16)14-6-10-3-11(7-14)5-12(4-10)8-14/h9-12,15H,3-8H2,1-2H3/t9-,10?,11?,12?,14?/m1/s1. The van der Waals surface area contributed by atoms with Crippen LogP contribution in [0.25, 0.3) is 0 Å². The van der Waals surface area contributed by atoms with Gasteiger partial charge in [0.1, 0.15) is 0 Å². The quantitative estimate of drug-likeness (QED) is 0.793. The Hall–Kier alpha value is -0.370. The minimum atomic E-state index is 0.0521. The van der Waals surface area contributed by atoms with E-state index in [9.17, 15) is 4.79 Å². The second-order valence-corrected chi connectivity index (χ2v) is 6.57. The third-order valence-corrected chi connectivity index (χ3v) is 5.39. The molecular weight excluding hydrogens is 198 g/mol. The minimum absolute atomic E-state index is 0.0521. The molecule has 0 aromatic rings. The molecule has 0 radical (unpaired) electrons. The van der Waals surface area contributed by atoms with Gasteiger partial charge in [0.15, 0.2) is 5.78 Å². The highest BCUT2D eigenvalue weighted by Gasteiger charge is 2.54. The van der Waals surface area contributed by atoms with Gasteiger partial charge < -0.3 is 5.32 Å². The summed E-state index contributed by atoms with van der Waals surface area (Å²) in [5.41, 5.74) is 0.0805. The summed E-state index contributed by atoms with van der Waals surface area (Å²) in [5.74, 6) is 3.13. The number of likely N-dealkylation sites (N-methyl/N-ethyl adjacent to an activating group) is 1. The van der Waals surface area contributed by atoms with Crippen molar-refractivity contribution in [2.45, 2.75) is 51.5 Å². The highest BCUT2D eigenvalue weighted by molar-refractivity contribution is 5.89. The first-order chi connectivity index (χ1) is 7.63. The average Bonchev–Trinajstić information content (AvgIpc) is 2.25. The lowest BCUT2D eigenvalue weighted by Gasteiger charge is -2.56. The summed E-state index contributed by atoms with van der Waals surface area (Å²) in [6, 6.07) is 0.0521. The molecule has 0 aromatic carbocycles. The van der Waals surface area contributed by atoms with Crippen molar-refractivity contribution in [1.29, 1.82) is 0 Å². The Morgan fingerprint density at radius 1 is 1.12 bits per heavy atom. The van der Waals surface area contributed by atoms with Gasteiger partial charge in [-0.25, -0.2) is 0 Å². The lowest BCUT2D eigenvalue weighted by Crippen LogP contribution is -2.54. The van der Waals surface area contributed by atoms with E-state index in [1.165, 1.54) is 38.5 Å². The Balaban J connectivity index is 1.85. The highest BCUT2D eigenvalue weighted by atomic mass is 16.1. The minimum Gasteiger partial charge on any atom is -0.311 e. The van der Waals surface area contributed by atoms with Crippen molar-refractivity contribution in [3.05, 3.63) is 0 Å². The van der Waals surface area contributed by atoms with Gasteiger partial charge >= 0.3 is 0 Å². The number of nitrogens with one attached hydrogen (secondary N) is 1. The normalized spacial score (nSPS) is 47.0. The molecule has 0 amide bonds. The van der Waals surface area contributed by atoms with Crippen molar-refractivity contribution in [3.63, 3.8) is 0 Å². The molecule has 4 aliphatic carbocycles. The average molecular weight is 221 g/mol. The van der Waals surface area contributed by atoms with Crippen LogP contribution < -0.4 is 5.32 Å². The summed E-state index contributed by atoms with van der Waals surface area (Å²) >= 11 is 0. The molecule has 0 aromatic heterocycles. The number of ketones is 1. The lowest BCUT2D eigenvalue weighted by atomic mass is 9.48. The molecule has 0 aliphatic heterocycles. The molecular formula is C14H23NO. The first-order valence-electron chi connectivity index (χ1n) is 6.84. The summed E-state index contributed by atoms with van der Waals surface area (Å²) in [5, 5.41) is 3.14. The van der Waals surface area contributed by atoms with Gasteiger partial charge in [0.25, 0.3) is 0 Å². The fourth-order valence-electron chi connectivity index (χ4n) is 5.00. The van der Waals surface area contributed by atoms with Crippen LogP contribution in [-0.2, 0) is 4.79 Å². The second-order valence-electron chi connectivity index (χ2n) is 6.57. The third kappa shape index (κ3) is 1.46. The van der Waals surface area contributed by atoms with Crippen molar-refractivity contribution in [1.82, 2.24) is 5.32 Å². The fraction of sp³-hybridized carbons (Fsp3) is 0.929. The Morgan fingerprint density at radius 3 is 1.94 bits per heavy atom. The topological polar surface area (TPSA) is 29.1 Å². The van der Waals surface area contributed by atoms with Gasteiger partial charge in [0, 0.05) is 5.41 Å². The predicted octanol–water partition coefficient (Wildman–Crippen LogP) is 2.38. The van der Waals surface area contributed by atoms with Crippen molar-refractivity contribution < 1.29 is 4.79 Å². The number of carbonyl (C=O) groups excluding carboxylic acids is 1. The zero-order valence-corrected chi connectivity index (χ0v) is 10.5. The van der Waals surface area contributed by atoms with Crippen LogP contribution >= 0.6 is 0 Å². The van der Waals surface area contributed by atoms with Crippen LogP contribution in [0.4, 0.5) is 0 Å². The first kappa shape index (κ1) is 10.8. The number of hydrogen-bond donors (Lipinski definition) is 1. The summed E-state index contributed by atoms with van der Waals surface area (Å²) in [4.78, 5) is 12.6. The van der Waals surface area contributed by atoms with Crippen LogP contribution in [0.2, 0.25) is 0 Å². The van der Waals surface area contributed by atoms with Gasteiger partial charge in [-0.2, -0.15) is 0 Å². The van der Waals surface area contributed by atoms with E-state index in [-0.39, 0.29) is 11.5 Å². The van der Waals surface area contributed by atoms with E-state index in [1.54, 1.807) is 0 Å².